The molecule has 0 aromatic heterocycles. The lowest BCUT2D eigenvalue weighted by molar-refractivity contribution is -0.142. The molecule has 1 aliphatic rings. The van der Waals surface area contributed by atoms with Crippen LogP contribution in [0.1, 0.15) is 33.1 Å². The van der Waals surface area contributed by atoms with Crippen LogP contribution in [0.4, 0.5) is 0 Å². The number of hydrogen-bond donors (Lipinski definition) is 5. The highest BCUT2D eigenvalue weighted by Crippen LogP contribution is 2.05. The fourth-order valence-corrected chi connectivity index (χ4v) is 2.38. The third-order valence-corrected chi connectivity index (χ3v) is 3.59. The van der Waals surface area contributed by atoms with Crippen molar-refractivity contribution in [1.82, 2.24) is 21.3 Å². The highest BCUT2D eigenvalue weighted by atomic mass is 16.4. The van der Waals surface area contributed by atoms with Gasteiger partial charge in [-0.1, -0.05) is 13.8 Å². The Bertz CT molecular complexity index is 474. The van der Waals surface area contributed by atoms with E-state index >= 15 is 0 Å². The molecule has 9 nitrogen and oxygen atoms in total. The normalized spacial score (nSPS) is 18.0. The van der Waals surface area contributed by atoms with E-state index in [1.807, 2.05) is 13.8 Å². The summed E-state index contributed by atoms with van der Waals surface area (Å²) in [7, 11) is 0. The Balaban J connectivity index is 2.25. The van der Waals surface area contributed by atoms with E-state index in [1.165, 1.54) is 0 Å². The van der Waals surface area contributed by atoms with Gasteiger partial charge in [-0.05, 0) is 31.7 Å². The average molecular weight is 342 g/mol. The molecule has 0 aromatic rings. The van der Waals surface area contributed by atoms with Crippen molar-refractivity contribution in [3.05, 3.63) is 0 Å². The summed E-state index contributed by atoms with van der Waals surface area (Å²) in [5, 5.41) is 19.3. The number of carbonyl (C=O) groups excluding carboxylic acids is 3. The van der Waals surface area contributed by atoms with Crippen LogP contribution >= 0.6 is 0 Å². The SMILES string of the molecule is CC(C)CC(NC(=O)CNC(=O)CNC(=O)C1CCCN1)C(=O)O. The van der Waals surface area contributed by atoms with E-state index in [1.54, 1.807) is 0 Å². The number of aliphatic carboxylic acids is 1. The van der Waals surface area contributed by atoms with Gasteiger partial charge in [-0.3, -0.25) is 14.4 Å². The Morgan fingerprint density at radius 3 is 2.33 bits per heavy atom. The van der Waals surface area contributed by atoms with Crippen LogP contribution in [0.3, 0.4) is 0 Å². The zero-order chi connectivity index (χ0) is 18.1. The topological polar surface area (TPSA) is 137 Å². The van der Waals surface area contributed by atoms with Gasteiger partial charge in [0.05, 0.1) is 19.1 Å². The molecule has 1 fully saturated rings. The highest BCUT2D eigenvalue weighted by molar-refractivity contribution is 5.90. The van der Waals surface area contributed by atoms with Gasteiger partial charge in [0.25, 0.3) is 0 Å². The molecule has 136 valence electrons. The van der Waals surface area contributed by atoms with Gasteiger partial charge in [-0.2, -0.15) is 0 Å². The van der Waals surface area contributed by atoms with Gasteiger partial charge in [0, 0.05) is 0 Å². The highest BCUT2D eigenvalue weighted by Gasteiger charge is 2.23. The van der Waals surface area contributed by atoms with E-state index < -0.39 is 23.8 Å². The summed E-state index contributed by atoms with van der Waals surface area (Å²) in [6, 6.07) is -1.25. The van der Waals surface area contributed by atoms with Gasteiger partial charge >= 0.3 is 5.97 Å². The standard InChI is InChI=1S/C15H26N4O5/c1-9(2)6-11(15(23)24)19-13(21)8-17-12(20)7-18-14(22)10-4-3-5-16-10/h9-11,16H,3-8H2,1-2H3,(H,17,20)(H,18,22)(H,19,21)(H,23,24). The smallest absolute Gasteiger partial charge is 0.326 e. The van der Waals surface area contributed by atoms with Crippen LogP contribution in [0, 0.1) is 5.92 Å². The number of carboxylic acids is 1. The van der Waals surface area contributed by atoms with Crippen LogP contribution in [-0.4, -0.2) is 60.5 Å². The van der Waals surface area contributed by atoms with Crippen molar-refractivity contribution in [2.24, 2.45) is 5.92 Å². The number of hydrogen-bond acceptors (Lipinski definition) is 5. The van der Waals surface area contributed by atoms with E-state index in [-0.39, 0.29) is 31.0 Å². The van der Waals surface area contributed by atoms with Gasteiger partial charge in [0.2, 0.25) is 17.7 Å². The maximum Gasteiger partial charge on any atom is 0.326 e. The summed E-state index contributed by atoms with van der Waals surface area (Å²) in [6.07, 6.45) is 1.97. The monoisotopic (exact) mass is 342 g/mol. The molecule has 0 aromatic carbocycles. The molecule has 0 aliphatic carbocycles. The maximum atomic E-state index is 11.7. The van der Waals surface area contributed by atoms with Gasteiger partial charge < -0.3 is 26.4 Å². The van der Waals surface area contributed by atoms with Crippen LogP contribution in [0.5, 0.6) is 0 Å². The molecule has 2 unspecified atom stereocenters. The average Bonchev–Trinajstić information content (AvgIpc) is 3.03. The van der Waals surface area contributed by atoms with Crippen molar-refractivity contribution in [2.45, 2.75) is 45.2 Å². The second kappa shape index (κ2) is 9.86. The second-order valence-electron chi connectivity index (χ2n) is 6.23. The first kappa shape index (κ1) is 19.9. The summed E-state index contributed by atoms with van der Waals surface area (Å²) in [4.78, 5) is 46.1. The molecule has 0 bridgehead atoms. The molecule has 24 heavy (non-hydrogen) atoms. The van der Waals surface area contributed by atoms with Crippen molar-refractivity contribution < 1.29 is 24.3 Å². The first-order chi connectivity index (χ1) is 11.3. The third kappa shape index (κ3) is 7.40. The lowest BCUT2D eigenvalue weighted by Crippen LogP contribution is -2.48. The number of rotatable bonds is 9. The van der Waals surface area contributed by atoms with Crippen molar-refractivity contribution in [3.8, 4) is 0 Å². The quantitative estimate of drug-likeness (QED) is 0.349. The lowest BCUT2D eigenvalue weighted by atomic mass is 10.0. The van der Waals surface area contributed by atoms with Crippen LogP contribution in [0.25, 0.3) is 0 Å². The Morgan fingerprint density at radius 2 is 1.79 bits per heavy atom. The zero-order valence-corrected chi connectivity index (χ0v) is 14.1. The summed E-state index contributed by atoms with van der Waals surface area (Å²) in [6.45, 7) is 3.93. The maximum absolute atomic E-state index is 11.7. The number of nitrogens with one attached hydrogen (secondary N) is 4. The van der Waals surface area contributed by atoms with Crippen molar-refractivity contribution >= 4 is 23.7 Å². The Labute approximate surface area is 140 Å². The van der Waals surface area contributed by atoms with E-state index in [2.05, 4.69) is 21.3 Å². The summed E-state index contributed by atoms with van der Waals surface area (Å²) >= 11 is 0. The zero-order valence-electron chi connectivity index (χ0n) is 14.1. The second-order valence-corrected chi connectivity index (χ2v) is 6.23. The molecular formula is C15H26N4O5. The van der Waals surface area contributed by atoms with Gasteiger partial charge in [-0.15, -0.1) is 0 Å². The molecule has 1 aliphatic heterocycles. The number of amides is 3. The molecule has 3 amide bonds. The van der Waals surface area contributed by atoms with Gasteiger partial charge in [0.15, 0.2) is 0 Å². The first-order valence-corrected chi connectivity index (χ1v) is 8.09. The molecule has 0 spiro atoms. The van der Waals surface area contributed by atoms with E-state index in [9.17, 15) is 19.2 Å². The molecule has 2 atom stereocenters. The van der Waals surface area contributed by atoms with Crippen LogP contribution in [-0.2, 0) is 19.2 Å². The summed E-state index contributed by atoms with van der Waals surface area (Å²) in [5.74, 6) is -2.33. The van der Waals surface area contributed by atoms with Gasteiger partial charge in [-0.25, -0.2) is 4.79 Å². The Kier molecular flexibility index (Phi) is 8.17. The lowest BCUT2D eigenvalue weighted by Gasteiger charge is -2.16. The van der Waals surface area contributed by atoms with Gasteiger partial charge in [0.1, 0.15) is 6.04 Å². The largest absolute Gasteiger partial charge is 0.480 e. The molecule has 0 saturated carbocycles. The third-order valence-electron chi connectivity index (χ3n) is 3.59. The van der Waals surface area contributed by atoms with Crippen molar-refractivity contribution in [2.75, 3.05) is 19.6 Å². The fourth-order valence-electron chi connectivity index (χ4n) is 2.38. The molecule has 1 saturated heterocycles. The Hall–Kier alpha value is -2.16. The number of carbonyl (C=O) groups is 4. The first-order valence-electron chi connectivity index (χ1n) is 8.09. The molecule has 5 N–H and O–H groups in total. The van der Waals surface area contributed by atoms with E-state index in [0.29, 0.717) is 6.42 Å². The van der Waals surface area contributed by atoms with Crippen LogP contribution in [0.2, 0.25) is 0 Å². The minimum Gasteiger partial charge on any atom is -0.480 e. The number of carboxylic acid groups (broad SMARTS) is 1. The molecule has 9 heteroatoms. The molecule has 0 radical (unpaired) electrons. The summed E-state index contributed by atoms with van der Waals surface area (Å²) < 4.78 is 0. The molecule has 1 rings (SSSR count). The molecule has 1 heterocycles. The minimum atomic E-state index is -1.11. The molecular weight excluding hydrogens is 316 g/mol. The van der Waals surface area contributed by atoms with Crippen LogP contribution in [0.15, 0.2) is 0 Å². The minimum absolute atomic E-state index is 0.111. The van der Waals surface area contributed by atoms with E-state index in [0.717, 1.165) is 19.4 Å². The fraction of sp³-hybridized carbons (Fsp3) is 0.733. The predicted octanol–water partition coefficient (Wildman–Crippen LogP) is -1.41. The Morgan fingerprint density at radius 1 is 1.12 bits per heavy atom. The summed E-state index contributed by atoms with van der Waals surface area (Å²) in [5.41, 5.74) is 0. The predicted molar refractivity (Wildman–Crippen MR) is 86.1 cm³/mol. The van der Waals surface area contributed by atoms with Crippen LogP contribution < -0.4 is 21.3 Å². The van der Waals surface area contributed by atoms with Crippen molar-refractivity contribution in [1.29, 1.82) is 0 Å². The van der Waals surface area contributed by atoms with Crippen molar-refractivity contribution in [3.63, 3.8) is 0 Å². The van der Waals surface area contributed by atoms with E-state index in [4.69, 9.17) is 5.11 Å².